The zero-order chi connectivity index (χ0) is 18.9. The first kappa shape index (κ1) is 20.3. The monoisotopic (exact) mass is 405 g/mol. The number of halogens is 4. The molecule has 0 radical (unpaired) electrons. The highest BCUT2D eigenvalue weighted by Crippen LogP contribution is 2.33. The third-order valence-corrected chi connectivity index (χ3v) is 3.91. The van der Waals surface area contributed by atoms with Crippen LogP contribution < -0.4 is 15.4 Å². The van der Waals surface area contributed by atoms with Crippen LogP contribution in [-0.4, -0.2) is 35.7 Å². The predicted molar refractivity (Wildman–Crippen MR) is 98.1 cm³/mol. The molecular formula is C16H19Cl2F2N5O. The number of alkyl halides is 2. The van der Waals surface area contributed by atoms with Gasteiger partial charge in [-0.2, -0.15) is 8.78 Å². The van der Waals surface area contributed by atoms with E-state index in [9.17, 15) is 8.78 Å². The van der Waals surface area contributed by atoms with Crippen molar-refractivity contribution in [2.75, 3.05) is 13.6 Å². The van der Waals surface area contributed by atoms with Crippen LogP contribution in [0.5, 0.6) is 5.75 Å². The maximum Gasteiger partial charge on any atom is 0.387 e. The Morgan fingerprint density at radius 3 is 2.81 bits per heavy atom. The van der Waals surface area contributed by atoms with E-state index in [4.69, 9.17) is 23.2 Å². The van der Waals surface area contributed by atoms with Crippen LogP contribution in [0.2, 0.25) is 10.0 Å². The number of aliphatic imine (C=N–C) groups is 1. The van der Waals surface area contributed by atoms with Crippen LogP contribution in [0.3, 0.4) is 0 Å². The Bertz CT molecular complexity index is 726. The van der Waals surface area contributed by atoms with Gasteiger partial charge in [-0.1, -0.05) is 23.2 Å². The minimum atomic E-state index is -2.98. The maximum absolute atomic E-state index is 12.6. The zero-order valence-electron chi connectivity index (χ0n) is 14.1. The summed E-state index contributed by atoms with van der Waals surface area (Å²) in [6, 6.07) is 2.87. The molecule has 0 amide bonds. The molecular weight excluding hydrogens is 387 g/mol. The van der Waals surface area contributed by atoms with Gasteiger partial charge in [-0.15, -0.1) is 0 Å². The van der Waals surface area contributed by atoms with Crippen molar-refractivity contribution in [3.8, 4) is 5.75 Å². The van der Waals surface area contributed by atoms with Crippen LogP contribution in [-0.2, 0) is 13.1 Å². The SMILES string of the molecule is CN=C(NCCCn1ccnc1)NCc1cc(Cl)cc(Cl)c1OC(F)F. The lowest BCUT2D eigenvalue weighted by molar-refractivity contribution is -0.0504. The van der Waals surface area contributed by atoms with Crippen molar-refractivity contribution in [1.82, 2.24) is 20.2 Å². The van der Waals surface area contributed by atoms with Crippen LogP contribution in [0.4, 0.5) is 8.78 Å². The lowest BCUT2D eigenvalue weighted by Gasteiger charge is -2.16. The molecule has 0 aliphatic rings. The van der Waals surface area contributed by atoms with E-state index in [1.807, 2.05) is 10.8 Å². The molecule has 0 saturated carbocycles. The van der Waals surface area contributed by atoms with E-state index < -0.39 is 6.61 Å². The summed E-state index contributed by atoms with van der Waals surface area (Å²) in [5, 5.41) is 6.52. The molecule has 1 aromatic carbocycles. The number of aryl methyl sites for hydroxylation is 1. The molecule has 142 valence electrons. The number of ether oxygens (including phenoxy) is 1. The van der Waals surface area contributed by atoms with Gasteiger partial charge in [-0.05, 0) is 18.6 Å². The largest absolute Gasteiger partial charge is 0.433 e. The van der Waals surface area contributed by atoms with E-state index in [0.717, 1.165) is 13.0 Å². The van der Waals surface area contributed by atoms with Gasteiger partial charge in [-0.25, -0.2) is 4.98 Å². The summed E-state index contributed by atoms with van der Waals surface area (Å²) in [5.41, 5.74) is 0.407. The molecule has 26 heavy (non-hydrogen) atoms. The fourth-order valence-electron chi connectivity index (χ4n) is 2.25. The number of benzene rings is 1. The molecule has 2 rings (SSSR count). The van der Waals surface area contributed by atoms with Gasteiger partial charge in [0, 0.05) is 49.7 Å². The number of nitrogens with zero attached hydrogens (tertiary/aromatic N) is 3. The number of guanidine groups is 1. The molecule has 6 nitrogen and oxygen atoms in total. The Kier molecular flexibility index (Phi) is 7.93. The van der Waals surface area contributed by atoms with E-state index in [1.165, 1.54) is 12.1 Å². The van der Waals surface area contributed by atoms with E-state index in [0.29, 0.717) is 23.1 Å². The lowest BCUT2D eigenvalue weighted by atomic mass is 10.2. The molecule has 0 aliphatic heterocycles. The minimum Gasteiger partial charge on any atom is -0.433 e. The van der Waals surface area contributed by atoms with Crippen molar-refractivity contribution in [2.24, 2.45) is 4.99 Å². The summed E-state index contributed by atoms with van der Waals surface area (Å²) in [6.45, 7) is -1.31. The van der Waals surface area contributed by atoms with Gasteiger partial charge in [0.05, 0.1) is 11.3 Å². The van der Waals surface area contributed by atoms with E-state index >= 15 is 0 Å². The molecule has 0 spiro atoms. The molecule has 0 saturated heterocycles. The number of aromatic nitrogens is 2. The number of imidazole rings is 1. The van der Waals surface area contributed by atoms with E-state index in [-0.39, 0.29) is 17.3 Å². The summed E-state index contributed by atoms with van der Waals surface area (Å²) in [7, 11) is 1.62. The Balaban J connectivity index is 1.89. The highest BCUT2D eigenvalue weighted by Gasteiger charge is 2.15. The Morgan fingerprint density at radius 2 is 2.15 bits per heavy atom. The molecule has 1 heterocycles. The van der Waals surface area contributed by atoms with Crippen molar-refractivity contribution in [2.45, 2.75) is 26.1 Å². The molecule has 0 aliphatic carbocycles. The molecule has 0 unspecified atom stereocenters. The Hall–Kier alpha value is -2.06. The average molecular weight is 406 g/mol. The molecule has 2 N–H and O–H groups in total. The van der Waals surface area contributed by atoms with Crippen molar-refractivity contribution in [3.63, 3.8) is 0 Å². The highest BCUT2D eigenvalue weighted by molar-refractivity contribution is 6.35. The first-order valence-electron chi connectivity index (χ1n) is 7.82. The minimum absolute atomic E-state index is 0.0258. The second kappa shape index (κ2) is 10.2. The molecule has 0 fully saturated rings. The molecule has 1 aromatic heterocycles. The van der Waals surface area contributed by atoms with Gasteiger partial charge in [0.2, 0.25) is 0 Å². The van der Waals surface area contributed by atoms with Crippen LogP contribution in [0.25, 0.3) is 0 Å². The van der Waals surface area contributed by atoms with Crippen molar-refractivity contribution in [1.29, 1.82) is 0 Å². The Labute approximate surface area is 160 Å². The second-order valence-corrected chi connectivity index (χ2v) is 6.10. The average Bonchev–Trinajstić information content (AvgIpc) is 3.10. The van der Waals surface area contributed by atoms with Crippen LogP contribution >= 0.6 is 23.2 Å². The summed E-state index contributed by atoms with van der Waals surface area (Å²) in [5.74, 6) is 0.420. The fourth-order valence-corrected chi connectivity index (χ4v) is 2.83. The zero-order valence-corrected chi connectivity index (χ0v) is 15.6. The maximum atomic E-state index is 12.6. The molecule has 10 heteroatoms. The topological polar surface area (TPSA) is 63.5 Å². The van der Waals surface area contributed by atoms with Gasteiger partial charge in [0.15, 0.2) is 5.96 Å². The van der Waals surface area contributed by atoms with Gasteiger partial charge in [-0.3, -0.25) is 4.99 Å². The highest BCUT2D eigenvalue weighted by atomic mass is 35.5. The fraction of sp³-hybridized carbons (Fsp3) is 0.375. The second-order valence-electron chi connectivity index (χ2n) is 5.26. The van der Waals surface area contributed by atoms with Crippen molar-refractivity contribution >= 4 is 29.2 Å². The van der Waals surface area contributed by atoms with Crippen LogP contribution in [0.15, 0.2) is 35.8 Å². The molecule has 2 aromatic rings. The third-order valence-electron chi connectivity index (χ3n) is 3.41. The Morgan fingerprint density at radius 1 is 1.35 bits per heavy atom. The van der Waals surface area contributed by atoms with Crippen LogP contribution in [0.1, 0.15) is 12.0 Å². The summed E-state index contributed by atoms with van der Waals surface area (Å²) in [6.07, 6.45) is 6.23. The number of rotatable bonds is 8. The van der Waals surface area contributed by atoms with Crippen molar-refractivity contribution in [3.05, 3.63) is 46.5 Å². The summed E-state index contributed by atoms with van der Waals surface area (Å²) >= 11 is 11.9. The number of hydrogen-bond acceptors (Lipinski definition) is 3. The summed E-state index contributed by atoms with van der Waals surface area (Å²) in [4.78, 5) is 8.07. The third kappa shape index (κ3) is 6.34. The first-order chi connectivity index (χ1) is 12.5. The predicted octanol–water partition coefficient (Wildman–Crippen LogP) is 3.55. The molecule has 0 bridgehead atoms. The number of hydrogen-bond donors (Lipinski definition) is 2. The van der Waals surface area contributed by atoms with Gasteiger partial charge in [0.1, 0.15) is 5.75 Å². The van der Waals surface area contributed by atoms with E-state index in [2.05, 4.69) is 25.3 Å². The number of nitrogens with one attached hydrogen (secondary N) is 2. The van der Waals surface area contributed by atoms with Gasteiger partial charge >= 0.3 is 6.61 Å². The first-order valence-corrected chi connectivity index (χ1v) is 8.58. The van der Waals surface area contributed by atoms with E-state index in [1.54, 1.807) is 19.6 Å². The normalized spacial score (nSPS) is 11.7. The summed E-state index contributed by atoms with van der Waals surface area (Å²) < 4.78 is 31.7. The quantitative estimate of drug-likeness (QED) is 0.400. The van der Waals surface area contributed by atoms with Crippen LogP contribution in [0, 0.1) is 0 Å². The molecule has 0 atom stereocenters. The standard InChI is InChI=1S/C16H19Cl2F2N5O/c1-21-16(23-3-2-5-25-6-4-22-10-25)24-9-11-7-12(17)8-13(18)14(11)26-15(19)20/h4,6-8,10,15H,2-3,5,9H2,1H3,(H2,21,23,24). The van der Waals surface area contributed by atoms with Gasteiger partial charge < -0.3 is 19.9 Å². The lowest BCUT2D eigenvalue weighted by Crippen LogP contribution is -2.37. The van der Waals surface area contributed by atoms with Gasteiger partial charge in [0.25, 0.3) is 0 Å². The smallest absolute Gasteiger partial charge is 0.387 e. The van der Waals surface area contributed by atoms with Crippen molar-refractivity contribution < 1.29 is 13.5 Å².